The smallest absolute Gasteiger partial charge is 0.243 e. The van der Waals surface area contributed by atoms with Crippen molar-refractivity contribution in [2.24, 2.45) is 0 Å². The number of nitrogens with zero attached hydrogens (tertiary/aromatic N) is 4. The third-order valence-corrected chi connectivity index (χ3v) is 2.94. The largest absolute Gasteiger partial charge is 0.349 e. The van der Waals surface area contributed by atoms with E-state index in [-0.39, 0.29) is 0 Å². The maximum atomic E-state index is 4.37. The third kappa shape index (κ3) is 2.33. The number of hydrogen-bond acceptors (Lipinski definition) is 4. The van der Waals surface area contributed by atoms with Gasteiger partial charge in [-0.3, -0.25) is 4.98 Å². The molecule has 0 fully saturated rings. The molecule has 1 N–H and O–H groups in total. The van der Waals surface area contributed by atoms with Crippen LogP contribution in [0.5, 0.6) is 0 Å². The van der Waals surface area contributed by atoms with E-state index < -0.39 is 0 Å². The molecule has 5 nitrogen and oxygen atoms in total. The van der Waals surface area contributed by atoms with Gasteiger partial charge in [0.2, 0.25) is 5.95 Å². The van der Waals surface area contributed by atoms with Crippen LogP contribution in [0.1, 0.15) is 5.56 Å². The Balaban J connectivity index is 1.79. The Labute approximate surface area is 112 Å². The summed E-state index contributed by atoms with van der Waals surface area (Å²) in [6.07, 6.45) is 5.45. The molecular weight excluding hydrogens is 294 g/mol. The van der Waals surface area contributed by atoms with Crippen molar-refractivity contribution in [2.45, 2.75) is 6.54 Å². The second-order valence-corrected chi connectivity index (χ2v) is 4.72. The number of nitrogens with one attached hydrogen (secondary N) is 1. The molecule has 3 aromatic rings. The molecule has 0 aliphatic rings. The number of anilines is 1. The summed E-state index contributed by atoms with van der Waals surface area (Å²) in [4.78, 5) is 8.43. The number of pyridine rings is 2. The zero-order chi connectivity index (χ0) is 12.4. The lowest BCUT2D eigenvalue weighted by molar-refractivity contribution is 0.945. The number of hydrogen-bond donors (Lipinski definition) is 1. The highest BCUT2D eigenvalue weighted by Crippen LogP contribution is 2.12. The fraction of sp³-hybridized carbons (Fsp3) is 0.0833. The number of fused-ring (bicyclic) bond motifs is 1. The second kappa shape index (κ2) is 4.73. The molecule has 0 saturated heterocycles. The molecule has 0 aliphatic carbocycles. The lowest BCUT2D eigenvalue weighted by Gasteiger charge is -2.00. The van der Waals surface area contributed by atoms with Crippen LogP contribution >= 0.6 is 15.9 Å². The van der Waals surface area contributed by atoms with E-state index in [0.717, 1.165) is 15.7 Å². The molecule has 3 aromatic heterocycles. The molecule has 90 valence electrons. The molecule has 0 saturated carbocycles. The molecule has 6 heteroatoms. The van der Waals surface area contributed by atoms with Crippen LogP contribution in [0.4, 0.5) is 5.95 Å². The SMILES string of the molecule is Brc1ccc2nc(NCc3cccnc3)nn2c1. The summed E-state index contributed by atoms with van der Waals surface area (Å²) in [5, 5.41) is 7.50. The predicted molar refractivity (Wildman–Crippen MR) is 72.3 cm³/mol. The van der Waals surface area contributed by atoms with E-state index in [9.17, 15) is 0 Å². The van der Waals surface area contributed by atoms with Gasteiger partial charge in [0, 0.05) is 29.6 Å². The van der Waals surface area contributed by atoms with Gasteiger partial charge in [0.15, 0.2) is 5.65 Å². The highest BCUT2D eigenvalue weighted by molar-refractivity contribution is 9.10. The molecule has 0 unspecified atom stereocenters. The molecular formula is C12H10BrN5. The fourth-order valence-corrected chi connectivity index (χ4v) is 1.94. The fourth-order valence-electron chi connectivity index (χ4n) is 1.62. The molecule has 0 radical (unpaired) electrons. The molecule has 0 atom stereocenters. The van der Waals surface area contributed by atoms with Crippen LogP contribution in [0.25, 0.3) is 5.65 Å². The van der Waals surface area contributed by atoms with Crippen LogP contribution in [0.3, 0.4) is 0 Å². The first-order chi connectivity index (χ1) is 8.81. The normalized spacial score (nSPS) is 10.7. The van der Waals surface area contributed by atoms with Crippen molar-refractivity contribution >= 4 is 27.5 Å². The average Bonchev–Trinajstić information content (AvgIpc) is 2.79. The van der Waals surface area contributed by atoms with Crippen LogP contribution in [0, 0.1) is 0 Å². The van der Waals surface area contributed by atoms with Crippen LogP contribution in [0.15, 0.2) is 47.3 Å². The van der Waals surface area contributed by atoms with Crippen LogP contribution in [-0.4, -0.2) is 19.6 Å². The Morgan fingerprint density at radius 3 is 3.06 bits per heavy atom. The van der Waals surface area contributed by atoms with E-state index in [1.807, 2.05) is 36.7 Å². The summed E-state index contributed by atoms with van der Waals surface area (Å²) >= 11 is 3.40. The summed E-state index contributed by atoms with van der Waals surface area (Å²) in [5.74, 6) is 0.608. The van der Waals surface area contributed by atoms with Crippen LogP contribution in [0.2, 0.25) is 0 Å². The summed E-state index contributed by atoms with van der Waals surface area (Å²) in [6.45, 7) is 0.659. The van der Waals surface area contributed by atoms with E-state index in [0.29, 0.717) is 12.5 Å². The van der Waals surface area contributed by atoms with Gasteiger partial charge in [-0.15, -0.1) is 5.10 Å². The van der Waals surface area contributed by atoms with E-state index in [1.54, 1.807) is 10.7 Å². The Bertz CT molecular complexity index is 665. The van der Waals surface area contributed by atoms with Gasteiger partial charge in [-0.25, -0.2) is 4.52 Å². The van der Waals surface area contributed by atoms with E-state index in [4.69, 9.17) is 0 Å². The van der Waals surface area contributed by atoms with E-state index >= 15 is 0 Å². The Morgan fingerprint density at radius 2 is 2.22 bits per heavy atom. The average molecular weight is 304 g/mol. The van der Waals surface area contributed by atoms with E-state index in [1.165, 1.54) is 0 Å². The first-order valence-electron chi connectivity index (χ1n) is 5.46. The monoisotopic (exact) mass is 303 g/mol. The van der Waals surface area contributed by atoms with Crippen LogP contribution in [-0.2, 0) is 6.54 Å². The zero-order valence-electron chi connectivity index (χ0n) is 9.42. The van der Waals surface area contributed by atoms with Gasteiger partial charge in [-0.1, -0.05) is 6.07 Å². The van der Waals surface area contributed by atoms with E-state index in [2.05, 4.69) is 36.3 Å². The van der Waals surface area contributed by atoms with Crippen molar-refractivity contribution in [3.8, 4) is 0 Å². The quantitative estimate of drug-likeness (QED) is 0.808. The van der Waals surface area contributed by atoms with Gasteiger partial charge in [-0.2, -0.15) is 4.98 Å². The van der Waals surface area contributed by atoms with Crippen LogP contribution < -0.4 is 5.32 Å². The molecule has 0 aromatic carbocycles. The van der Waals surface area contributed by atoms with Gasteiger partial charge in [0.1, 0.15) is 0 Å². The number of aromatic nitrogens is 4. The van der Waals surface area contributed by atoms with Gasteiger partial charge in [0.05, 0.1) is 0 Å². The summed E-state index contributed by atoms with van der Waals surface area (Å²) < 4.78 is 2.70. The summed E-state index contributed by atoms with van der Waals surface area (Å²) in [5.41, 5.74) is 1.91. The summed E-state index contributed by atoms with van der Waals surface area (Å²) in [6, 6.07) is 7.76. The molecule has 0 spiro atoms. The van der Waals surface area contributed by atoms with Crippen molar-refractivity contribution < 1.29 is 0 Å². The second-order valence-electron chi connectivity index (χ2n) is 3.80. The topological polar surface area (TPSA) is 55.1 Å². The molecule has 0 bridgehead atoms. The van der Waals surface area contributed by atoms with Crippen molar-refractivity contribution in [1.82, 2.24) is 19.6 Å². The number of rotatable bonds is 3. The first kappa shape index (κ1) is 11.2. The minimum Gasteiger partial charge on any atom is -0.349 e. The molecule has 3 rings (SSSR count). The summed E-state index contributed by atoms with van der Waals surface area (Å²) in [7, 11) is 0. The zero-order valence-corrected chi connectivity index (χ0v) is 11.0. The van der Waals surface area contributed by atoms with Gasteiger partial charge in [0.25, 0.3) is 0 Å². The van der Waals surface area contributed by atoms with Crippen molar-refractivity contribution in [2.75, 3.05) is 5.32 Å². The number of halogens is 1. The maximum absolute atomic E-state index is 4.37. The van der Waals surface area contributed by atoms with Crippen molar-refractivity contribution in [1.29, 1.82) is 0 Å². The van der Waals surface area contributed by atoms with Crippen molar-refractivity contribution in [3.05, 3.63) is 52.9 Å². The maximum Gasteiger partial charge on any atom is 0.243 e. The standard InChI is InChI=1S/C12H10BrN5/c13-10-3-4-11-16-12(17-18(11)8-10)15-7-9-2-1-5-14-6-9/h1-6,8H,7H2,(H,15,17). The highest BCUT2D eigenvalue weighted by Gasteiger charge is 2.03. The molecule has 0 aliphatic heterocycles. The minimum absolute atomic E-state index is 0.608. The molecule has 18 heavy (non-hydrogen) atoms. The predicted octanol–water partition coefficient (Wildman–Crippen LogP) is 2.50. The highest BCUT2D eigenvalue weighted by atomic mass is 79.9. The lowest BCUT2D eigenvalue weighted by Crippen LogP contribution is -2.01. The van der Waals surface area contributed by atoms with Gasteiger partial charge < -0.3 is 5.32 Å². The Hall–Kier alpha value is -1.95. The third-order valence-electron chi connectivity index (χ3n) is 2.47. The Morgan fingerprint density at radius 1 is 1.28 bits per heavy atom. The van der Waals surface area contributed by atoms with Crippen molar-refractivity contribution in [3.63, 3.8) is 0 Å². The minimum atomic E-state index is 0.608. The van der Waals surface area contributed by atoms with Gasteiger partial charge in [-0.05, 0) is 39.7 Å². The molecule has 0 amide bonds. The molecule has 3 heterocycles. The first-order valence-corrected chi connectivity index (χ1v) is 6.25. The van der Waals surface area contributed by atoms with Gasteiger partial charge >= 0.3 is 0 Å². The Kier molecular flexibility index (Phi) is 2.93. The lowest BCUT2D eigenvalue weighted by atomic mass is 10.3.